The van der Waals surface area contributed by atoms with Crippen LogP contribution in [0.25, 0.3) is 0 Å². The van der Waals surface area contributed by atoms with E-state index in [1.54, 1.807) is 7.11 Å². The van der Waals surface area contributed by atoms with E-state index in [-0.39, 0.29) is 24.2 Å². The van der Waals surface area contributed by atoms with Crippen molar-refractivity contribution in [2.24, 2.45) is 5.92 Å². The number of methoxy groups -OCH3 is 1. The maximum Gasteiger partial charge on any atom is 0.228 e. The molecule has 1 amide bonds. The van der Waals surface area contributed by atoms with Gasteiger partial charge in [-0.05, 0) is 55.8 Å². The number of piperidine rings is 1. The lowest BCUT2D eigenvalue weighted by Gasteiger charge is -2.21. The van der Waals surface area contributed by atoms with Crippen LogP contribution in [0.2, 0.25) is 0 Å². The van der Waals surface area contributed by atoms with Crippen molar-refractivity contribution in [2.45, 2.75) is 12.8 Å². The quantitative estimate of drug-likeness (QED) is 0.848. The molecule has 1 unspecified atom stereocenters. The highest BCUT2D eigenvalue weighted by atomic mass is 35.5. The number of carbonyl (C=O) groups excluding carboxylic acids is 1. The highest BCUT2D eigenvalue weighted by molar-refractivity contribution is 5.92. The van der Waals surface area contributed by atoms with E-state index in [0.717, 1.165) is 37.4 Å². The first-order valence-electron chi connectivity index (χ1n) is 8.18. The van der Waals surface area contributed by atoms with Crippen molar-refractivity contribution in [2.75, 3.05) is 25.5 Å². The maximum atomic E-state index is 12.2. The van der Waals surface area contributed by atoms with E-state index in [4.69, 9.17) is 9.47 Å². The zero-order valence-electron chi connectivity index (χ0n) is 14.2. The Morgan fingerprint density at radius 1 is 1.12 bits per heavy atom. The van der Waals surface area contributed by atoms with E-state index in [0.29, 0.717) is 11.5 Å². The Labute approximate surface area is 154 Å². The van der Waals surface area contributed by atoms with Gasteiger partial charge in [0.1, 0.15) is 17.2 Å². The van der Waals surface area contributed by atoms with Crippen molar-refractivity contribution in [3.05, 3.63) is 48.5 Å². The number of benzene rings is 2. The molecule has 0 spiro atoms. The molecule has 134 valence electrons. The van der Waals surface area contributed by atoms with Crippen LogP contribution in [-0.4, -0.2) is 26.1 Å². The molecule has 0 radical (unpaired) electrons. The summed E-state index contributed by atoms with van der Waals surface area (Å²) in [6.45, 7) is 1.75. The number of hydrogen-bond donors (Lipinski definition) is 2. The molecule has 0 saturated carbocycles. The minimum absolute atomic E-state index is 0. The predicted molar refractivity (Wildman–Crippen MR) is 101 cm³/mol. The molecule has 1 fully saturated rings. The number of hydrogen-bond acceptors (Lipinski definition) is 4. The molecule has 3 rings (SSSR count). The van der Waals surface area contributed by atoms with Gasteiger partial charge in [0.25, 0.3) is 0 Å². The van der Waals surface area contributed by atoms with Gasteiger partial charge >= 0.3 is 0 Å². The fourth-order valence-electron chi connectivity index (χ4n) is 2.73. The lowest BCUT2D eigenvalue weighted by atomic mass is 9.99. The van der Waals surface area contributed by atoms with Gasteiger partial charge in [-0.2, -0.15) is 0 Å². The minimum Gasteiger partial charge on any atom is -0.497 e. The first-order valence-corrected chi connectivity index (χ1v) is 8.18. The smallest absolute Gasteiger partial charge is 0.228 e. The second kappa shape index (κ2) is 9.30. The summed E-state index contributed by atoms with van der Waals surface area (Å²) in [4.78, 5) is 12.2. The van der Waals surface area contributed by atoms with E-state index in [1.165, 1.54) is 0 Å². The van der Waals surface area contributed by atoms with Crippen molar-refractivity contribution in [1.29, 1.82) is 0 Å². The van der Waals surface area contributed by atoms with Gasteiger partial charge in [-0.3, -0.25) is 4.79 Å². The Kier molecular flexibility index (Phi) is 7.10. The molecule has 2 aromatic rings. The lowest BCUT2D eigenvalue weighted by molar-refractivity contribution is -0.120. The van der Waals surface area contributed by atoms with Gasteiger partial charge in [0, 0.05) is 18.3 Å². The molecule has 5 nitrogen and oxygen atoms in total. The Balaban J connectivity index is 0.00000225. The van der Waals surface area contributed by atoms with Crippen LogP contribution in [0.5, 0.6) is 17.2 Å². The largest absolute Gasteiger partial charge is 0.497 e. The summed E-state index contributed by atoms with van der Waals surface area (Å²) in [6, 6.07) is 14.8. The molecular formula is C19H23ClN2O3. The van der Waals surface area contributed by atoms with Gasteiger partial charge in [0.15, 0.2) is 0 Å². The summed E-state index contributed by atoms with van der Waals surface area (Å²) >= 11 is 0. The Bertz CT molecular complexity index is 685. The zero-order valence-corrected chi connectivity index (χ0v) is 15.0. The zero-order chi connectivity index (χ0) is 16.8. The second-order valence-electron chi connectivity index (χ2n) is 5.84. The number of halogens is 1. The number of carbonyl (C=O) groups is 1. The summed E-state index contributed by atoms with van der Waals surface area (Å²) in [5.41, 5.74) is 0.781. The third-order valence-corrected chi connectivity index (χ3v) is 4.07. The Hall–Kier alpha value is -2.24. The average Bonchev–Trinajstić information content (AvgIpc) is 2.64. The highest BCUT2D eigenvalue weighted by Crippen LogP contribution is 2.26. The first kappa shape index (κ1) is 19.1. The molecule has 2 N–H and O–H groups in total. The Morgan fingerprint density at radius 3 is 2.56 bits per heavy atom. The van der Waals surface area contributed by atoms with Crippen LogP contribution in [0.1, 0.15) is 12.8 Å². The van der Waals surface area contributed by atoms with Gasteiger partial charge in [-0.1, -0.05) is 6.07 Å². The monoisotopic (exact) mass is 362 g/mol. The third-order valence-electron chi connectivity index (χ3n) is 4.07. The summed E-state index contributed by atoms with van der Waals surface area (Å²) in [5, 5.41) is 6.22. The van der Waals surface area contributed by atoms with Crippen LogP contribution in [0.4, 0.5) is 5.69 Å². The molecule has 0 aromatic heterocycles. The molecule has 1 aliphatic rings. The van der Waals surface area contributed by atoms with E-state index < -0.39 is 0 Å². The van der Waals surface area contributed by atoms with E-state index in [2.05, 4.69) is 10.6 Å². The van der Waals surface area contributed by atoms with Gasteiger partial charge in [0.2, 0.25) is 5.91 Å². The van der Waals surface area contributed by atoms with Gasteiger partial charge in [-0.25, -0.2) is 0 Å². The van der Waals surface area contributed by atoms with Gasteiger partial charge in [-0.15, -0.1) is 12.4 Å². The SMILES string of the molecule is COc1cccc(Oc2ccc(NC(=O)C3CCCNC3)cc2)c1.Cl. The van der Waals surface area contributed by atoms with E-state index >= 15 is 0 Å². The summed E-state index contributed by atoms with van der Waals surface area (Å²) in [6.07, 6.45) is 1.99. The minimum atomic E-state index is 0. The summed E-state index contributed by atoms with van der Waals surface area (Å²) in [5.74, 6) is 2.28. The van der Waals surface area contributed by atoms with Crippen molar-refractivity contribution >= 4 is 24.0 Å². The van der Waals surface area contributed by atoms with Gasteiger partial charge in [0.05, 0.1) is 13.0 Å². The number of amides is 1. The normalized spacial score (nSPS) is 16.4. The second-order valence-corrected chi connectivity index (χ2v) is 5.84. The molecule has 1 atom stereocenters. The molecule has 0 bridgehead atoms. The van der Waals surface area contributed by atoms with Crippen LogP contribution < -0.4 is 20.1 Å². The van der Waals surface area contributed by atoms with Crippen LogP contribution in [0.3, 0.4) is 0 Å². The average molecular weight is 363 g/mol. The molecule has 1 aliphatic heterocycles. The number of nitrogens with one attached hydrogen (secondary N) is 2. The van der Waals surface area contributed by atoms with Crippen LogP contribution in [0.15, 0.2) is 48.5 Å². The highest BCUT2D eigenvalue weighted by Gasteiger charge is 2.20. The number of ether oxygens (including phenoxy) is 2. The summed E-state index contributed by atoms with van der Waals surface area (Å²) < 4.78 is 11.0. The van der Waals surface area contributed by atoms with Crippen LogP contribution in [-0.2, 0) is 4.79 Å². The lowest BCUT2D eigenvalue weighted by Crippen LogP contribution is -2.37. The molecule has 1 heterocycles. The number of rotatable bonds is 5. The fourth-order valence-corrected chi connectivity index (χ4v) is 2.73. The van der Waals surface area contributed by atoms with Crippen molar-refractivity contribution < 1.29 is 14.3 Å². The standard InChI is InChI=1S/C19H22N2O3.ClH/c1-23-17-5-2-6-18(12-17)24-16-9-7-15(8-10-16)21-19(22)14-4-3-11-20-13-14;/h2,5-10,12,14,20H,3-4,11,13H2,1H3,(H,21,22);1H. The molecule has 0 aliphatic carbocycles. The molecular weight excluding hydrogens is 340 g/mol. The van der Waals surface area contributed by atoms with E-state index in [1.807, 2.05) is 48.5 Å². The topological polar surface area (TPSA) is 59.6 Å². The Morgan fingerprint density at radius 2 is 1.88 bits per heavy atom. The van der Waals surface area contributed by atoms with Crippen molar-refractivity contribution in [3.63, 3.8) is 0 Å². The molecule has 6 heteroatoms. The van der Waals surface area contributed by atoms with Crippen molar-refractivity contribution in [3.8, 4) is 17.2 Å². The van der Waals surface area contributed by atoms with E-state index in [9.17, 15) is 4.79 Å². The molecule has 1 saturated heterocycles. The third kappa shape index (κ3) is 5.37. The summed E-state index contributed by atoms with van der Waals surface area (Å²) in [7, 11) is 1.62. The van der Waals surface area contributed by atoms with Crippen LogP contribution >= 0.6 is 12.4 Å². The van der Waals surface area contributed by atoms with Gasteiger partial charge < -0.3 is 20.1 Å². The fraction of sp³-hybridized carbons (Fsp3) is 0.316. The molecule has 25 heavy (non-hydrogen) atoms. The van der Waals surface area contributed by atoms with Crippen molar-refractivity contribution in [1.82, 2.24) is 5.32 Å². The van der Waals surface area contributed by atoms with Crippen LogP contribution in [0, 0.1) is 5.92 Å². The predicted octanol–water partition coefficient (Wildman–Crippen LogP) is 3.85. The number of anilines is 1. The maximum absolute atomic E-state index is 12.2. The first-order chi connectivity index (χ1) is 11.7. The molecule has 2 aromatic carbocycles.